The Morgan fingerprint density at radius 3 is 2.68 bits per heavy atom. The summed E-state index contributed by atoms with van der Waals surface area (Å²) in [4.78, 5) is 17.0. The molecule has 0 N–H and O–H groups in total. The van der Waals surface area contributed by atoms with Crippen LogP contribution in [0.4, 0.5) is 5.69 Å². The molecule has 0 fully saturated rings. The molecule has 0 spiro atoms. The molecule has 2 aromatic rings. The van der Waals surface area contributed by atoms with Crippen molar-refractivity contribution < 1.29 is 13.7 Å². The zero-order chi connectivity index (χ0) is 20.5. The van der Waals surface area contributed by atoms with Gasteiger partial charge in [-0.15, -0.1) is 0 Å². The molecule has 3 rings (SSSR count). The van der Waals surface area contributed by atoms with Crippen LogP contribution in [0.1, 0.15) is 46.1 Å². The fraction of sp³-hybridized carbons (Fsp3) is 0.455. The molecule has 0 bridgehead atoms. The van der Waals surface area contributed by atoms with E-state index in [0.29, 0.717) is 26.0 Å². The average Bonchev–Trinajstić information content (AvgIpc) is 2.89. The zero-order valence-electron chi connectivity index (χ0n) is 17.2. The number of hydrogen-bond donors (Lipinski definition) is 0. The van der Waals surface area contributed by atoms with Gasteiger partial charge in [0.25, 0.3) is 0 Å². The molecule has 1 heterocycles. The van der Waals surface area contributed by atoms with E-state index in [2.05, 4.69) is 26.8 Å². The molecule has 6 heteroatoms. The van der Waals surface area contributed by atoms with Crippen molar-refractivity contribution in [3.8, 4) is 0 Å². The summed E-state index contributed by atoms with van der Waals surface area (Å²) in [6, 6.07) is 10.0. The van der Waals surface area contributed by atoms with Gasteiger partial charge < -0.3 is 4.74 Å². The monoisotopic (exact) mass is 400 g/mol. The van der Waals surface area contributed by atoms with E-state index in [0.717, 1.165) is 27.1 Å². The van der Waals surface area contributed by atoms with Crippen molar-refractivity contribution in [2.75, 3.05) is 20.2 Å². The number of fused-ring (bicyclic) bond motifs is 3. The van der Waals surface area contributed by atoms with Crippen LogP contribution in [0, 0.1) is 0 Å². The van der Waals surface area contributed by atoms with Gasteiger partial charge >= 0.3 is 5.97 Å². The van der Waals surface area contributed by atoms with Crippen molar-refractivity contribution in [3.63, 3.8) is 0 Å². The second-order valence-electron chi connectivity index (χ2n) is 7.64. The van der Waals surface area contributed by atoms with Gasteiger partial charge in [0.15, 0.2) is 0 Å². The lowest BCUT2D eigenvalue weighted by atomic mass is 9.80. The first-order valence-electron chi connectivity index (χ1n) is 9.68. The van der Waals surface area contributed by atoms with Crippen LogP contribution in [0.5, 0.6) is 0 Å². The van der Waals surface area contributed by atoms with Crippen LogP contribution in [0.2, 0.25) is 0 Å². The predicted molar refractivity (Wildman–Crippen MR) is 115 cm³/mol. The number of hydrogen-bond acceptors (Lipinski definition) is 4. The molecular weight excluding hydrogens is 372 g/mol. The smallest absolute Gasteiger partial charge is 0.305 e. The van der Waals surface area contributed by atoms with Gasteiger partial charge in [-0.25, -0.2) is 8.51 Å². The maximum absolute atomic E-state index is 13.2. The molecule has 0 saturated heterocycles. The first-order chi connectivity index (χ1) is 13.3. The topological polar surface area (TPSA) is 59.0 Å². The molecule has 0 aliphatic carbocycles. The lowest BCUT2D eigenvalue weighted by Crippen LogP contribution is -2.24. The van der Waals surface area contributed by atoms with Crippen LogP contribution in [-0.2, 0) is 25.9 Å². The summed E-state index contributed by atoms with van der Waals surface area (Å²) < 4.78 is 19.9. The second kappa shape index (κ2) is 8.13. The summed E-state index contributed by atoms with van der Waals surface area (Å²) in [6.07, 6.45) is 0.949. The number of esters is 1. The van der Waals surface area contributed by atoms with Crippen molar-refractivity contribution in [2.45, 2.75) is 50.8 Å². The number of benzene rings is 2. The van der Waals surface area contributed by atoms with Gasteiger partial charge in [0.1, 0.15) is 11.0 Å². The minimum absolute atomic E-state index is 0.138. The summed E-state index contributed by atoms with van der Waals surface area (Å²) in [5, 5.41) is 2.10. The summed E-state index contributed by atoms with van der Waals surface area (Å²) >= 11 is 0. The Morgan fingerprint density at radius 2 is 1.96 bits per heavy atom. The van der Waals surface area contributed by atoms with Gasteiger partial charge in [0, 0.05) is 31.1 Å². The highest BCUT2D eigenvalue weighted by molar-refractivity contribution is 7.82. The molecule has 5 nitrogen and oxygen atoms in total. The number of aliphatic imine (C=N–C) groups is 1. The van der Waals surface area contributed by atoms with Crippen LogP contribution < -0.4 is 0 Å². The Labute approximate surface area is 169 Å². The van der Waals surface area contributed by atoms with Crippen LogP contribution in [0.25, 0.3) is 10.8 Å². The molecule has 2 aromatic carbocycles. The van der Waals surface area contributed by atoms with Crippen molar-refractivity contribution in [1.29, 1.82) is 0 Å². The molecule has 0 saturated carbocycles. The molecule has 0 amide bonds. The quantitative estimate of drug-likeness (QED) is 0.642. The number of rotatable bonds is 7. The molecule has 150 valence electrons. The normalized spacial score (nSPS) is 16.1. The Balaban J connectivity index is 1.86. The van der Waals surface area contributed by atoms with E-state index in [9.17, 15) is 9.00 Å². The van der Waals surface area contributed by atoms with E-state index in [1.165, 1.54) is 5.56 Å². The standard InChI is InChI=1S/C22H28N2O3S/c1-6-27-20(25)11-8-14-24(5)28(26)19-10-7-9-17-16(19)12-13-18-21(17)22(3,4)15(2)23-18/h7,9-10,12-13H,6,8,11,14H2,1-5H3. The van der Waals surface area contributed by atoms with E-state index in [1.54, 1.807) is 11.2 Å². The highest BCUT2D eigenvalue weighted by atomic mass is 32.2. The summed E-state index contributed by atoms with van der Waals surface area (Å²) in [7, 11) is 0.517. The molecule has 28 heavy (non-hydrogen) atoms. The third kappa shape index (κ3) is 3.76. The van der Waals surface area contributed by atoms with E-state index in [-0.39, 0.29) is 11.4 Å². The number of carbonyl (C=O) groups excluding carboxylic acids is 1. The Kier molecular flexibility index (Phi) is 6.01. The van der Waals surface area contributed by atoms with Gasteiger partial charge in [-0.1, -0.05) is 32.0 Å². The first kappa shape index (κ1) is 20.7. The van der Waals surface area contributed by atoms with E-state index < -0.39 is 11.0 Å². The van der Waals surface area contributed by atoms with Crippen LogP contribution in [0.15, 0.2) is 40.2 Å². The SMILES string of the molecule is CCOC(=O)CCCN(C)S(=O)c1cccc2c3c(ccc12)N=C(C)C3(C)C. The van der Waals surface area contributed by atoms with Crippen molar-refractivity contribution >= 4 is 39.1 Å². The molecule has 1 unspecified atom stereocenters. The number of ether oxygens (including phenoxy) is 1. The highest BCUT2D eigenvalue weighted by Crippen LogP contribution is 2.44. The Morgan fingerprint density at radius 1 is 1.21 bits per heavy atom. The molecule has 0 aromatic heterocycles. The second-order valence-corrected chi connectivity index (χ2v) is 9.20. The fourth-order valence-electron chi connectivity index (χ4n) is 3.65. The molecule has 0 radical (unpaired) electrons. The van der Waals surface area contributed by atoms with Crippen LogP contribution in [0.3, 0.4) is 0 Å². The molecule has 1 aliphatic heterocycles. The summed E-state index contributed by atoms with van der Waals surface area (Å²) in [5.74, 6) is -0.208. The first-order valence-corrected chi connectivity index (χ1v) is 10.8. The van der Waals surface area contributed by atoms with E-state index >= 15 is 0 Å². The van der Waals surface area contributed by atoms with E-state index in [1.807, 2.05) is 31.3 Å². The van der Waals surface area contributed by atoms with Crippen molar-refractivity contribution in [1.82, 2.24) is 4.31 Å². The molecule has 1 atom stereocenters. The highest BCUT2D eigenvalue weighted by Gasteiger charge is 2.34. The van der Waals surface area contributed by atoms with Gasteiger partial charge in [-0.2, -0.15) is 0 Å². The van der Waals surface area contributed by atoms with Gasteiger partial charge in [-0.05, 0) is 48.7 Å². The third-order valence-electron chi connectivity index (χ3n) is 5.45. The summed E-state index contributed by atoms with van der Waals surface area (Å²) in [6.45, 7) is 9.17. The van der Waals surface area contributed by atoms with Crippen molar-refractivity contribution in [2.24, 2.45) is 4.99 Å². The van der Waals surface area contributed by atoms with Crippen LogP contribution >= 0.6 is 0 Å². The largest absolute Gasteiger partial charge is 0.466 e. The minimum Gasteiger partial charge on any atom is -0.466 e. The van der Waals surface area contributed by atoms with Crippen LogP contribution in [-0.4, -0.2) is 40.4 Å². The van der Waals surface area contributed by atoms with Gasteiger partial charge in [-0.3, -0.25) is 9.79 Å². The number of carbonyl (C=O) groups is 1. The third-order valence-corrected chi connectivity index (χ3v) is 6.93. The maximum Gasteiger partial charge on any atom is 0.305 e. The maximum atomic E-state index is 13.2. The lowest BCUT2D eigenvalue weighted by Gasteiger charge is -2.23. The number of nitrogens with zero attached hydrogens (tertiary/aromatic N) is 2. The minimum atomic E-state index is -1.31. The zero-order valence-corrected chi connectivity index (χ0v) is 18.1. The van der Waals surface area contributed by atoms with Gasteiger partial charge in [0.2, 0.25) is 0 Å². The fourth-order valence-corrected chi connectivity index (χ4v) is 4.84. The average molecular weight is 401 g/mol. The van der Waals surface area contributed by atoms with Gasteiger partial charge in [0.05, 0.1) is 17.2 Å². The molecule has 1 aliphatic rings. The molecular formula is C22H28N2O3S. The summed E-state index contributed by atoms with van der Waals surface area (Å²) in [5.41, 5.74) is 3.16. The Bertz CT molecular complexity index is 966. The van der Waals surface area contributed by atoms with E-state index in [4.69, 9.17) is 9.73 Å². The Hall–Kier alpha value is -2.05. The van der Waals surface area contributed by atoms with Crippen molar-refractivity contribution in [3.05, 3.63) is 35.9 Å². The lowest BCUT2D eigenvalue weighted by molar-refractivity contribution is -0.143. The predicted octanol–water partition coefficient (Wildman–Crippen LogP) is 4.52.